The van der Waals surface area contributed by atoms with Crippen molar-refractivity contribution in [2.24, 2.45) is 0 Å². The minimum atomic E-state index is -4.57. The molecule has 3 nitrogen and oxygen atoms in total. The summed E-state index contributed by atoms with van der Waals surface area (Å²) < 4.78 is 51.2. The molecule has 1 fully saturated rings. The van der Waals surface area contributed by atoms with E-state index in [0.29, 0.717) is 18.2 Å². The summed E-state index contributed by atoms with van der Waals surface area (Å²) in [5, 5.41) is 5.34. The maximum atomic E-state index is 13.5. The maximum absolute atomic E-state index is 13.5. The van der Waals surface area contributed by atoms with Gasteiger partial charge in [-0.15, -0.1) is 12.4 Å². The summed E-state index contributed by atoms with van der Waals surface area (Å²) >= 11 is 1.69. The third-order valence-electron chi connectivity index (χ3n) is 3.00. The predicted octanol–water partition coefficient (Wildman–Crippen LogP) is 3.30. The highest BCUT2D eigenvalue weighted by Crippen LogP contribution is 2.31. The standard InChI is InChI=1S/C13H14F4N2OS.ClH/c14-10-2-1-8(13(15,16)17)5-11(10)19-12(20)6-9-7-21-4-3-18-9;/h1-2,5,9,18H,3-4,6-7H2,(H,19,20);1H. The molecule has 0 spiro atoms. The van der Waals surface area contributed by atoms with Crippen LogP contribution in [0.2, 0.25) is 0 Å². The van der Waals surface area contributed by atoms with Crippen molar-refractivity contribution < 1.29 is 22.4 Å². The Morgan fingerprint density at radius 1 is 1.41 bits per heavy atom. The van der Waals surface area contributed by atoms with Crippen LogP contribution in [0.25, 0.3) is 0 Å². The third kappa shape index (κ3) is 5.33. The Morgan fingerprint density at radius 2 is 2.14 bits per heavy atom. The molecule has 0 aromatic heterocycles. The summed E-state index contributed by atoms with van der Waals surface area (Å²) in [5.41, 5.74) is -1.44. The normalized spacial score (nSPS) is 18.5. The molecule has 1 unspecified atom stereocenters. The molecule has 9 heteroatoms. The van der Waals surface area contributed by atoms with Crippen LogP contribution in [0.1, 0.15) is 12.0 Å². The van der Waals surface area contributed by atoms with Crippen LogP contribution >= 0.6 is 24.2 Å². The Kier molecular flexibility index (Phi) is 6.96. The van der Waals surface area contributed by atoms with E-state index in [1.165, 1.54) is 0 Å². The average Bonchev–Trinajstić information content (AvgIpc) is 2.41. The van der Waals surface area contributed by atoms with Crippen molar-refractivity contribution in [3.8, 4) is 0 Å². The summed E-state index contributed by atoms with van der Waals surface area (Å²) in [6.07, 6.45) is -4.47. The molecule has 0 radical (unpaired) electrons. The van der Waals surface area contributed by atoms with Crippen LogP contribution < -0.4 is 10.6 Å². The highest BCUT2D eigenvalue weighted by atomic mass is 35.5. The molecule has 0 aliphatic carbocycles. The molecule has 0 bridgehead atoms. The van der Waals surface area contributed by atoms with Gasteiger partial charge in [0.15, 0.2) is 0 Å². The topological polar surface area (TPSA) is 41.1 Å². The van der Waals surface area contributed by atoms with Gasteiger partial charge in [-0.1, -0.05) is 0 Å². The van der Waals surface area contributed by atoms with Gasteiger partial charge in [-0.05, 0) is 18.2 Å². The third-order valence-corrected chi connectivity index (χ3v) is 4.13. The number of halogens is 5. The average molecular weight is 359 g/mol. The summed E-state index contributed by atoms with van der Waals surface area (Å²) in [6.45, 7) is 0.778. The van der Waals surface area contributed by atoms with E-state index < -0.39 is 29.2 Å². The van der Waals surface area contributed by atoms with Gasteiger partial charge in [-0.2, -0.15) is 24.9 Å². The lowest BCUT2D eigenvalue weighted by molar-refractivity contribution is -0.137. The van der Waals surface area contributed by atoms with Gasteiger partial charge in [0, 0.05) is 30.5 Å². The molecule has 1 aliphatic rings. The fourth-order valence-electron chi connectivity index (χ4n) is 1.97. The predicted molar refractivity (Wildman–Crippen MR) is 81.0 cm³/mol. The Labute approximate surface area is 135 Å². The molecule has 1 aromatic carbocycles. The van der Waals surface area contributed by atoms with Gasteiger partial charge in [0.2, 0.25) is 5.91 Å². The van der Waals surface area contributed by atoms with Crippen LogP contribution in [-0.4, -0.2) is 30.0 Å². The quantitative estimate of drug-likeness (QED) is 0.815. The van der Waals surface area contributed by atoms with Crippen LogP contribution in [-0.2, 0) is 11.0 Å². The van der Waals surface area contributed by atoms with E-state index in [1.54, 1.807) is 11.8 Å². The summed E-state index contributed by atoms with van der Waals surface area (Å²) in [5.74, 6) is 0.314. The molecule has 2 N–H and O–H groups in total. The van der Waals surface area contributed by atoms with Gasteiger partial charge >= 0.3 is 6.18 Å². The monoisotopic (exact) mass is 358 g/mol. The fourth-order valence-corrected chi connectivity index (χ4v) is 2.92. The Bertz CT molecular complexity index is 521. The van der Waals surface area contributed by atoms with Gasteiger partial charge in [0.05, 0.1) is 11.3 Å². The van der Waals surface area contributed by atoms with E-state index >= 15 is 0 Å². The first-order valence-corrected chi connectivity index (χ1v) is 7.49. The van der Waals surface area contributed by atoms with E-state index in [9.17, 15) is 22.4 Å². The molecular weight excluding hydrogens is 344 g/mol. The van der Waals surface area contributed by atoms with Crippen molar-refractivity contribution in [2.45, 2.75) is 18.6 Å². The molecular formula is C13H15ClF4N2OS. The number of hydrogen-bond acceptors (Lipinski definition) is 3. The van der Waals surface area contributed by atoms with E-state index in [-0.39, 0.29) is 24.9 Å². The second-order valence-electron chi connectivity index (χ2n) is 4.67. The maximum Gasteiger partial charge on any atom is 0.416 e. The fraction of sp³-hybridized carbons (Fsp3) is 0.462. The van der Waals surface area contributed by atoms with Crippen molar-refractivity contribution in [1.82, 2.24) is 5.32 Å². The largest absolute Gasteiger partial charge is 0.416 e. The molecule has 124 valence electrons. The molecule has 22 heavy (non-hydrogen) atoms. The lowest BCUT2D eigenvalue weighted by atomic mass is 10.1. The van der Waals surface area contributed by atoms with Crippen LogP contribution in [0.15, 0.2) is 18.2 Å². The number of anilines is 1. The van der Waals surface area contributed by atoms with Crippen molar-refractivity contribution >= 4 is 35.8 Å². The number of thioether (sulfide) groups is 1. The molecule has 1 heterocycles. The number of benzene rings is 1. The van der Waals surface area contributed by atoms with Crippen LogP contribution in [0.4, 0.5) is 23.2 Å². The highest BCUT2D eigenvalue weighted by Gasteiger charge is 2.31. The first-order valence-electron chi connectivity index (χ1n) is 6.34. The van der Waals surface area contributed by atoms with Gasteiger partial charge in [-0.3, -0.25) is 4.79 Å². The highest BCUT2D eigenvalue weighted by molar-refractivity contribution is 7.99. The van der Waals surface area contributed by atoms with Gasteiger partial charge in [0.25, 0.3) is 0 Å². The second kappa shape index (κ2) is 8.03. The zero-order valence-electron chi connectivity index (χ0n) is 11.4. The number of carbonyl (C=O) groups is 1. The first kappa shape index (κ1) is 19.1. The van der Waals surface area contributed by atoms with E-state index in [4.69, 9.17) is 0 Å². The number of amides is 1. The second-order valence-corrected chi connectivity index (χ2v) is 5.82. The lowest BCUT2D eigenvalue weighted by Crippen LogP contribution is -2.40. The Morgan fingerprint density at radius 3 is 2.73 bits per heavy atom. The first-order chi connectivity index (χ1) is 9.86. The van der Waals surface area contributed by atoms with Crippen molar-refractivity contribution in [3.05, 3.63) is 29.6 Å². The van der Waals surface area contributed by atoms with E-state index in [2.05, 4.69) is 10.6 Å². The van der Waals surface area contributed by atoms with E-state index in [0.717, 1.165) is 18.1 Å². The molecule has 2 rings (SSSR count). The molecule has 1 saturated heterocycles. The van der Waals surface area contributed by atoms with Crippen LogP contribution in [0, 0.1) is 5.82 Å². The minimum Gasteiger partial charge on any atom is -0.324 e. The zero-order valence-corrected chi connectivity index (χ0v) is 13.0. The number of nitrogens with one attached hydrogen (secondary N) is 2. The Hall–Kier alpha value is -0.990. The summed E-state index contributed by atoms with van der Waals surface area (Å²) in [6, 6.07) is 1.91. The van der Waals surface area contributed by atoms with Gasteiger partial charge < -0.3 is 10.6 Å². The smallest absolute Gasteiger partial charge is 0.324 e. The SMILES string of the molecule is Cl.O=C(CC1CSCCN1)Nc1cc(C(F)(F)F)ccc1F. The Balaban J connectivity index is 0.00000242. The molecule has 1 aromatic rings. The summed E-state index contributed by atoms with van der Waals surface area (Å²) in [4.78, 5) is 11.8. The molecule has 1 atom stereocenters. The van der Waals surface area contributed by atoms with Crippen LogP contribution in [0.3, 0.4) is 0 Å². The molecule has 0 saturated carbocycles. The molecule has 1 amide bonds. The summed E-state index contributed by atoms with van der Waals surface area (Å²) in [7, 11) is 0. The number of hydrogen-bond donors (Lipinski definition) is 2. The van der Waals surface area contributed by atoms with Crippen molar-refractivity contribution in [2.75, 3.05) is 23.4 Å². The van der Waals surface area contributed by atoms with Gasteiger partial charge in [0.1, 0.15) is 5.82 Å². The molecule has 1 aliphatic heterocycles. The lowest BCUT2D eigenvalue weighted by Gasteiger charge is -2.22. The van der Waals surface area contributed by atoms with Gasteiger partial charge in [-0.25, -0.2) is 4.39 Å². The van der Waals surface area contributed by atoms with Crippen molar-refractivity contribution in [3.63, 3.8) is 0 Å². The number of alkyl halides is 3. The van der Waals surface area contributed by atoms with Crippen LogP contribution in [0.5, 0.6) is 0 Å². The number of carbonyl (C=O) groups excluding carboxylic acids is 1. The van der Waals surface area contributed by atoms with Crippen molar-refractivity contribution in [1.29, 1.82) is 0 Å². The zero-order chi connectivity index (χ0) is 15.5. The minimum absolute atomic E-state index is 0. The van der Waals surface area contributed by atoms with E-state index in [1.807, 2.05) is 0 Å². The number of rotatable bonds is 3.